The molecule has 1 unspecified atom stereocenters. The van der Waals surface area contributed by atoms with Gasteiger partial charge in [-0.05, 0) is 24.6 Å². The van der Waals surface area contributed by atoms with Crippen LogP contribution in [0.2, 0.25) is 5.02 Å². The van der Waals surface area contributed by atoms with E-state index in [-0.39, 0.29) is 18.6 Å². The number of carbonyl (C=O) groups excluding carboxylic acids is 1. The molecule has 1 rings (SSSR count). The Balaban J connectivity index is 2.38. The van der Waals surface area contributed by atoms with E-state index in [9.17, 15) is 4.79 Å². The number of hydrogen-bond donors (Lipinski definition) is 1. The molecule has 0 aliphatic heterocycles. The molecule has 5 heteroatoms. The summed E-state index contributed by atoms with van der Waals surface area (Å²) in [5.41, 5.74) is 0. The Morgan fingerprint density at radius 2 is 2.35 bits per heavy atom. The molecule has 0 saturated heterocycles. The lowest BCUT2D eigenvalue weighted by atomic mass is 10.2. The molecule has 1 aromatic carbocycles. The van der Waals surface area contributed by atoms with Crippen molar-refractivity contribution >= 4 is 33.4 Å². The molecular formula is C12H15BrClNO2. The van der Waals surface area contributed by atoms with Crippen molar-refractivity contribution in [3.8, 4) is 5.75 Å². The van der Waals surface area contributed by atoms with E-state index in [1.165, 1.54) is 0 Å². The Morgan fingerprint density at radius 1 is 1.59 bits per heavy atom. The van der Waals surface area contributed by atoms with Crippen LogP contribution in [0.1, 0.15) is 13.3 Å². The van der Waals surface area contributed by atoms with Gasteiger partial charge in [-0.3, -0.25) is 4.79 Å². The van der Waals surface area contributed by atoms with Crippen LogP contribution in [0, 0.1) is 0 Å². The van der Waals surface area contributed by atoms with E-state index in [2.05, 4.69) is 21.2 Å². The van der Waals surface area contributed by atoms with Gasteiger partial charge in [0.1, 0.15) is 5.75 Å². The Hall–Kier alpha value is -0.740. The Bertz CT molecular complexity index is 369. The summed E-state index contributed by atoms with van der Waals surface area (Å²) >= 11 is 9.14. The minimum absolute atomic E-state index is 0.00381. The van der Waals surface area contributed by atoms with Crippen LogP contribution in [0.15, 0.2) is 24.3 Å². The smallest absolute Gasteiger partial charge is 0.258 e. The van der Waals surface area contributed by atoms with Crippen molar-refractivity contribution in [1.29, 1.82) is 0 Å². The minimum atomic E-state index is -0.128. The molecule has 17 heavy (non-hydrogen) atoms. The van der Waals surface area contributed by atoms with E-state index in [4.69, 9.17) is 16.3 Å². The summed E-state index contributed by atoms with van der Waals surface area (Å²) in [5.74, 6) is 0.468. The largest absolute Gasteiger partial charge is 0.484 e. The van der Waals surface area contributed by atoms with Gasteiger partial charge < -0.3 is 10.1 Å². The molecule has 0 heterocycles. The molecule has 0 aliphatic carbocycles. The average molecular weight is 321 g/mol. The number of ether oxygens (including phenoxy) is 1. The van der Waals surface area contributed by atoms with Crippen molar-refractivity contribution in [1.82, 2.24) is 5.32 Å². The molecule has 0 radical (unpaired) electrons. The van der Waals surface area contributed by atoms with Crippen molar-refractivity contribution in [2.75, 3.05) is 11.9 Å². The van der Waals surface area contributed by atoms with Crippen LogP contribution in [0.25, 0.3) is 0 Å². The molecule has 3 nitrogen and oxygen atoms in total. The van der Waals surface area contributed by atoms with Crippen LogP contribution in [0.3, 0.4) is 0 Å². The number of amides is 1. The molecule has 1 amide bonds. The van der Waals surface area contributed by atoms with Crippen molar-refractivity contribution in [2.45, 2.75) is 19.4 Å². The van der Waals surface area contributed by atoms with Gasteiger partial charge in [0.25, 0.3) is 5.91 Å². The third-order valence-electron chi connectivity index (χ3n) is 2.21. The van der Waals surface area contributed by atoms with Crippen LogP contribution in [-0.2, 0) is 4.79 Å². The quantitative estimate of drug-likeness (QED) is 0.818. The van der Waals surface area contributed by atoms with Gasteiger partial charge in [-0.25, -0.2) is 0 Å². The number of halogens is 2. The number of hydrogen-bond acceptors (Lipinski definition) is 2. The number of rotatable bonds is 6. The highest BCUT2D eigenvalue weighted by Crippen LogP contribution is 2.16. The summed E-state index contributed by atoms with van der Waals surface area (Å²) in [6.07, 6.45) is 0.883. The van der Waals surface area contributed by atoms with E-state index in [1.54, 1.807) is 24.3 Å². The lowest BCUT2D eigenvalue weighted by molar-refractivity contribution is -0.123. The predicted octanol–water partition coefficient (Wildman–Crippen LogP) is 3.01. The third-order valence-corrected chi connectivity index (χ3v) is 3.23. The number of alkyl halides is 1. The minimum Gasteiger partial charge on any atom is -0.484 e. The number of nitrogens with one attached hydrogen (secondary N) is 1. The Labute approximate surface area is 115 Å². The average Bonchev–Trinajstić information content (AvgIpc) is 2.33. The van der Waals surface area contributed by atoms with Gasteiger partial charge in [-0.2, -0.15) is 0 Å². The first-order chi connectivity index (χ1) is 8.15. The van der Waals surface area contributed by atoms with Gasteiger partial charge in [0.15, 0.2) is 6.61 Å². The summed E-state index contributed by atoms with van der Waals surface area (Å²) in [6.45, 7) is 2.02. The number of benzene rings is 1. The number of carbonyl (C=O) groups is 1. The molecular weight excluding hydrogens is 305 g/mol. The standard InChI is InChI=1S/C12H15BrClNO2/c1-2-10(7-13)15-12(16)8-17-11-5-3-4-9(14)6-11/h3-6,10H,2,7-8H2,1H3,(H,15,16). The normalized spacial score (nSPS) is 11.9. The molecule has 1 aromatic rings. The Kier molecular flexibility index (Phi) is 6.37. The molecule has 0 spiro atoms. The highest BCUT2D eigenvalue weighted by Gasteiger charge is 2.09. The fourth-order valence-corrected chi connectivity index (χ4v) is 2.02. The monoisotopic (exact) mass is 319 g/mol. The SMILES string of the molecule is CCC(CBr)NC(=O)COc1cccc(Cl)c1. The second-order valence-electron chi connectivity index (χ2n) is 3.57. The zero-order valence-corrected chi connectivity index (χ0v) is 11.9. The van der Waals surface area contributed by atoms with Gasteiger partial charge in [0.2, 0.25) is 0 Å². The Morgan fingerprint density at radius 3 is 2.94 bits per heavy atom. The lowest BCUT2D eigenvalue weighted by Gasteiger charge is -2.14. The lowest BCUT2D eigenvalue weighted by Crippen LogP contribution is -2.38. The molecule has 0 bridgehead atoms. The highest BCUT2D eigenvalue weighted by atomic mass is 79.9. The van der Waals surface area contributed by atoms with Crippen LogP contribution in [0.5, 0.6) is 5.75 Å². The van der Waals surface area contributed by atoms with Crippen LogP contribution in [-0.4, -0.2) is 23.9 Å². The van der Waals surface area contributed by atoms with Crippen molar-refractivity contribution < 1.29 is 9.53 Å². The molecule has 1 atom stereocenters. The molecule has 1 N–H and O–H groups in total. The molecule has 94 valence electrons. The predicted molar refractivity (Wildman–Crippen MR) is 73.0 cm³/mol. The van der Waals surface area contributed by atoms with Crippen LogP contribution >= 0.6 is 27.5 Å². The van der Waals surface area contributed by atoms with Gasteiger partial charge in [-0.1, -0.05) is 40.5 Å². The summed E-state index contributed by atoms with van der Waals surface area (Å²) in [6, 6.07) is 7.12. The second kappa shape index (κ2) is 7.56. The maximum Gasteiger partial charge on any atom is 0.258 e. The van der Waals surface area contributed by atoms with E-state index in [0.717, 1.165) is 11.8 Å². The summed E-state index contributed by atoms with van der Waals surface area (Å²) in [7, 11) is 0. The van der Waals surface area contributed by atoms with Crippen LogP contribution in [0.4, 0.5) is 0 Å². The zero-order valence-electron chi connectivity index (χ0n) is 9.58. The zero-order chi connectivity index (χ0) is 12.7. The van der Waals surface area contributed by atoms with Crippen molar-refractivity contribution in [3.63, 3.8) is 0 Å². The van der Waals surface area contributed by atoms with Crippen molar-refractivity contribution in [2.24, 2.45) is 0 Å². The van der Waals surface area contributed by atoms with Crippen molar-refractivity contribution in [3.05, 3.63) is 29.3 Å². The molecule has 0 fully saturated rings. The van der Waals surface area contributed by atoms with Gasteiger partial charge in [-0.15, -0.1) is 0 Å². The van der Waals surface area contributed by atoms with E-state index >= 15 is 0 Å². The maximum absolute atomic E-state index is 11.5. The first-order valence-corrected chi connectivity index (χ1v) is 6.89. The van der Waals surface area contributed by atoms with Crippen LogP contribution < -0.4 is 10.1 Å². The van der Waals surface area contributed by atoms with E-state index in [0.29, 0.717) is 10.8 Å². The summed E-state index contributed by atoms with van der Waals surface area (Å²) in [4.78, 5) is 11.5. The van der Waals surface area contributed by atoms with Gasteiger partial charge >= 0.3 is 0 Å². The van der Waals surface area contributed by atoms with Gasteiger partial charge in [0, 0.05) is 16.4 Å². The second-order valence-corrected chi connectivity index (χ2v) is 4.66. The summed E-state index contributed by atoms with van der Waals surface area (Å²) in [5, 5.41) is 4.19. The van der Waals surface area contributed by atoms with E-state index in [1.807, 2.05) is 6.92 Å². The fourth-order valence-electron chi connectivity index (χ4n) is 1.22. The third kappa shape index (κ3) is 5.41. The first-order valence-electron chi connectivity index (χ1n) is 5.39. The van der Waals surface area contributed by atoms with E-state index < -0.39 is 0 Å². The van der Waals surface area contributed by atoms with Gasteiger partial charge in [0.05, 0.1) is 0 Å². The fraction of sp³-hybridized carbons (Fsp3) is 0.417. The highest BCUT2D eigenvalue weighted by molar-refractivity contribution is 9.09. The molecule has 0 aliphatic rings. The molecule has 0 aromatic heterocycles. The maximum atomic E-state index is 11.5. The summed E-state index contributed by atoms with van der Waals surface area (Å²) < 4.78 is 5.33. The first kappa shape index (κ1) is 14.3. The molecule has 0 saturated carbocycles. The topological polar surface area (TPSA) is 38.3 Å².